The molecule has 0 amide bonds. The third-order valence-corrected chi connectivity index (χ3v) is 9.88. The molecule has 58 heavy (non-hydrogen) atoms. The van der Waals surface area contributed by atoms with E-state index in [1.165, 1.54) is 21.5 Å². The van der Waals surface area contributed by atoms with E-state index >= 15 is 0 Å². The van der Waals surface area contributed by atoms with E-state index in [1.807, 2.05) is 92.8 Å². The minimum atomic E-state index is 0.674. The summed E-state index contributed by atoms with van der Waals surface area (Å²) in [6, 6.07) is 59.8. The van der Waals surface area contributed by atoms with Crippen LogP contribution in [0.2, 0.25) is 0 Å². The summed E-state index contributed by atoms with van der Waals surface area (Å²) in [5.74, 6) is 2.83. The summed E-state index contributed by atoms with van der Waals surface area (Å²) < 4.78 is 0. The molecule has 7 heteroatoms. The highest BCUT2D eigenvalue weighted by Gasteiger charge is 2.11. The molecule has 0 saturated heterocycles. The Labute approximate surface area is 336 Å². The molecule has 4 heterocycles. The van der Waals surface area contributed by atoms with E-state index in [0.29, 0.717) is 17.5 Å². The minimum Gasteiger partial charge on any atom is -0.256 e. The number of fused-ring (bicyclic) bond motifs is 2. The molecule has 0 fully saturated rings. The molecular weight excluding hydrogens is 711 g/mol. The lowest BCUT2D eigenvalue weighted by atomic mass is 10.0. The van der Waals surface area contributed by atoms with Gasteiger partial charge in [-0.05, 0) is 77.9 Å². The van der Waals surface area contributed by atoms with Gasteiger partial charge in [-0.3, -0.25) is 9.97 Å². The SMILES string of the molecule is Cc1nc(-c2ccc(-c3ccccn3)cc2)cc(-c2ccc3ccccc3c2)n1.Cc1nc(-c2ccc(-c3ccccn3)cc2)nc(-c2ccc3ccccc3c2)n1. The predicted octanol–water partition coefficient (Wildman–Crippen LogP) is 12.1. The molecule has 0 spiro atoms. The molecule has 0 unspecified atom stereocenters. The fourth-order valence-electron chi connectivity index (χ4n) is 6.95. The first-order chi connectivity index (χ1) is 28.5. The van der Waals surface area contributed by atoms with Crippen LogP contribution in [-0.2, 0) is 0 Å². The standard InChI is InChI=1S/C26H19N3.C25H18N4/c1-18-28-25(21-12-10-20(11-13-21)24-8-4-5-15-27-24)17-26(29-18)23-14-9-19-6-2-3-7-22(19)16-23;1-17-27-24(20-12-10-19(11-13-20)23-8-4-5-15-26-23)29-25(28-17)22-14-9-18-6-2-3-7-21(18)16-22/h2-17H,1H3;2-16H,1H3. The average Bonchev–Trinajstić information content (AvgIpc) is 3.29. The monoisotopic (exact) mass is 747 g/mol. The summed E-state index contributed by atoms with van der Waals surface area (Å²) >= 11 is 0. The molecule has 6 aromatic carbocycles. The third kappa shape index (κ3) is 7.96. The maximum absolute atomic E-state index is 4.75. The summed E-state index contributed by atoms with van der Waals surface area (Å²) in [7, 11) is 0. The van der Waals surface area contributed by atoms with Gasteiger partial charge in [-0.1, -0.05) is 133 Å². The number of aryl methyl sites for hydroxylation is 2. The Bertz CT molecular complexity index is 2800. The van der Waals surface area contributed by atoms with Crippen molar-refractivity contribution >= 4 is 21.5 Å². The molecule has 0 bridgehead atoms. The van der Waals surface area contributed by atoms with Gasteiger partial charge in [0.1, 0.15) is 11.6 Å². The van der Waals surface area contributed by atoms with Crippen molar-refractivity contribution in [1.29, 1.82) is 0 Å². The van der Waals surface area contributed by atoms with Crippen molar-refractivity contribution in [1.82, 2.24) is 34.9 Å². The lowest BCUT2D eigenvalue weighted by Gasteiger charge is -2.09. The maximum atomic E-state index is 4.75. The van der Waals surface area contributed by atoms with Gasteiger partial charge >= 0.3 is 0 Å². The normalized spacial score (nSPS) is 10.9. The highest BCUT2D eigenvalue weighted by molar-refractivity contribution is 5.88. The van der Waals surface area contributed by atoms with Crippen LogP contribution >= 0.6 is 0 Å². The van der Waals surface area contributed by atoms with E-state index < -0.39 is 0 Å². The van der Waals surface area contributed by atoms with Gasteiger partial charge < -0.3 is 0 Å². The fraction of sp³-hybridized carbons (Fsp3) is 0.0392. The highest BCUT2D eigenvalue weighted by atomic mass is 15.0. The Hall–Kier alpha value is -7.77. The van der Waals surface area contributed by atoms with E-state index in [1.54, 1.807) is 6.20 Å². The second kappa shape index (κ2) is 16.1. The Morgan fingerprint density at radius 3 is 1.21 bits per heavy atom. The summed E-state index contributed by atoms with van der Waals surface area (Å²) in [5.41, 5.74) is 10.0. The number of rotatable bonds is 6. The van der Waals surface area contributed by atoms with Crippen LogP contribution in [0.15, 0.2) is 188 Å². The number of aromatic nitrogens is 7. The first-order valence-corrected chi connectivity index (χ1v) is 19.1. The van der Waals surface area contributed by atoms with Crippen molar-refractivity contribution in [3.8, 4) is 67.8 Å². The van der Waals surface area contributed by atoms with E-state index in [4.69, 9.17) is 4.98 Å². The van der Waals surface area contributed by atoms with Crippen molar-refractivity contribution in [2.24, 2.45) is 0 Å². The molecule has 7 nitrogen and oxygen atoms in total. The second-order valence-electron chi connectivity index (χ2n) is 13.9. The molecule has 0 N–H and O–H groups in total. The van der Waals surface area contributed by atoms with Crippen molar-refractivity contribution in [3.05, 3.63) is 200 Å². The summed E-state index contributed by atoms with van der Waals surface area (Å²) in [6.07, 6.45) is 3.61. The number of hydrogen-bond acceptors (Lipinski definition) is 7. The van der Waals surface area contributed by atoms with Crippen molar-refractivity contribution in [2.45, 2.75) is 13.8 Å². The Balaban J connectivity index is 0.000000150. The molecule has 0 aliphatic rings. The molecule has 10 aromatic rings. The molecule has 10 rings (SSSR count). The van der Waals surface area contributed by atoms with Crippen LogP contribution in [-0.4, -0.2) is 34.9 Å². The Morgan fingerprint density at radius 2 is 0.672 bits per heavy atom. The van der Waals surface area contributed by atoms with Crippen LogP contribution in [0, 0.1) is 13.8 Å². The lowest BCUT2D eigenvalue weighted by molar-refractivity contribution is 0.992. The molecule has 4 aromatic heterocycles. The fourth-order valence-corrected chi connectivity index (χ4v) is 6.95. The highest BCUT2D eigenvalue weighted by Crippen LogP contribution is 2.29. The van der Waals surface area contributed by atoms with Crippen LogP contribution in [0.1, 0.15) is 11.6 Å². The van der Waals surface area contributed by atoms with Gasteiger partial charge in [0.25, 0.3) is 0 Å². The van der Waals surface area contributed by atoms with Crippen LogP contribution < -0.4 is 0 Å². The smallest absolute Gasteiger partial charge is 0.163 e. The van der Waals surface area contributed by atoms with Crippen LogP contribution in [0.3, 0.4) is 0 Å². The van der Waals surface area contributed by atoms with Gasteiger partial charge in [-0.2, -0.15) is 0 Å². The summed E-state index contributed by atoms with van der Waals surface area (Å²) in [5, 5.41) is 4.81. The van der Waals surface area contributed by atoms with Crippen LogP contribution in [0.5, 0.6) is 0 Å². The Morgan fingerprint density at radius 1 is 0.276 bits per heavy atom. The molecule has 0 aliphatic carbocycles. The lowest BCUT2D eigenvalue weighted by Crippen LogP contribution is -1.99. The zero-order chi connectivity index (χ0) is 39.3. The number of nitrogens with zero attached hydrogens (tertiary/aromatic N) is 7. The van der Waals surface area contributed by atoms with Crippen molar-refractivity contribution in [2.75, 3.05) is 0 Å². The van der Waals surface area contributed by atoms with E-state index in [-0.39, 0.29) is 0 Å². The largest absolute Gasteiger partial charge is 0.256 e. The van der Waals surface area contributed by atoms with Gasteiger partial charge in [0.15, 0.2) is 11.6 Å². The first-order valence-electron chi connectivity index (χ1n) is 19.1. The van der Waals surface area contributed by atoms with Gasteiger partial charge in [-0.15, -0.1) is 0 Å². The third-order valence-electron chi connectivity index (χ3n) is 9.88. The molecule has 0 aliphatic heterocycles. The second-order valence-corrected chi connectivity index (χ2v) is 13.9. The van der Waals surface area contributed by atoms with E-state index in [0.717, 1.165) is 62.0 Å². The van der Waals surface area contributed by atoms with E-state index in [2.05, 4.69) is 133 Å². The van der Waals surface area contributed by atoms with Gasteiger partial charge in [0, 0.05) is 45.8 Å². The maximum Gasteiger partial charge on any atom is 0.163 e. The predicted molar refractivity (Wildman–Crippen MR) is 235 cm³/mol. The van der Waals surface area contributed by atoms with Gasteiger partial charge in [0.05, 0.1) is 22.8 Å². The molecular formula is C51H37N7. The minimum absolute atomic E-state index is 0.674. The zero-order valence-corrected chi connectivity index (χ0v) is 32.0. The zero-order valence-electron chi connectivity index (χ0n) is 32.0. The average molecular weight is 748 g/mol. The number of benzene rings is 6. The van der Waals surface area contributed by atoms with E-state index in [9.17, 15) is 0 Å². The van der Waals surface area contributed by atoms with Gasteiger partial charge in [-0.25, -0.2) is 24.9 Å². The molecule has 276 valence electrons. The quantitative estimate of drug-likeness (QED) is 0.167. The number of hydrogen-bond donors (Lipinski definition) is 0. The molecule has 0 saturated carbocycles. The Kier molecular flexibility index (Phi) is 9.99. The van der Waals surface area contributed by atoms with Gasteiger partial charge in [0.2, 0.25) is 0 Å². The van der Waals surface area contributed by atoms with Crippen molar-refractivity contribution < 1.29 is 0 Å². The number of pyridine rings is 2. The summed E-state index contributed by atoms with van der Waals surface area (Å²) in [4.78, 5) is 32.0. The molecule has 0 atom stereocenters. The summed E-state index contributed by atoms with van der Waals surface area (Å²) in [6.45, 7) is 3.84. The van der Waals surface area contributed by atoms with Crippen molar-refractivity contribution in [3.63, 3.8) is 0 Å². The van der Waals surface area contributed by atoms with Crippen LogP contribution in [0.25, 0.3) is 89.4 Å². The van der Waals surface area contributed by atoms with Crippen LogP contribution in [0.4, 0.5) is 0 Å². The molecule has 0 radical (unpaired) electrons. The topological polar surface area (TPSA) is 90.2 Å². The first kappa shape index (κ1) is 35.9.